The van der Waals surface area contributed by atoms with Crippen LogP contribution in [-0.4, -0.2) is 22.5 Å². The maximum Gasteiger partial charge on any atom is 0.125 e. The summed E-state index contributed by atoms with van der Waals surface area (Å²) in [6, 6.07) is 16.2. The Labute approximate surface area is 179 Å². The number of aromatic amines is 1. The van der Waals surface area contributed by atoms with Crippen molar-refractivity contribution in [2.45, 2.75) is 64.1 Å². The number of likely N-dealkylation sites (tertiary alicyclic amines) is 1. The third kappa shape index (κ3) is 3.54. The highest BCUT2D eigenvalue weighted by Crippen LogP contribution is 2.47. The number of fused-ring (bicyclic) bond motifs is 1. The molecule has 1 aliphatic heterocycles. The molecule has 1 N–H and O–H groups in total. The predicted molar refractivity (Wildman–Crippen MR) is 122 cm³/mol. The highest BCUT2D eigenvalue weighted by molar-refractivity contribution is 5.88. The zero-order valence-corrected chi connectivity index (χ0v) is 17.9. The Bertz CT molecular complexity index is 1030. The van der Waals surface area contributed by atoms with Crippen LogP contribution in [-0.2, 0) is 6.54 Å². The summed E-state index contributed by atoms with van der Waals surface area (Å²) in [6.45, 7) is 4.34. The van der Waals surface area contributed by atoms with Gasteiger partial charge in [0, 0.05) is 35.2 Å². The lowest BCUT2D eigenvalue weighted by molar-refractivity contribution is 0.0950. The maximum atomic E-state index is 6.43. The van der Waals surface area contributed by atoms with Gasteiger partial charge in [0.25, 0.3) is 0 Å². The molecule has 3 heteroatoms. The molecule has 0 bridgehead atoms. The number of nitrogens with zero attached hydrogens (tertiary/aromatic N) is 1. The van der Waals surface area contributed by atoms with Crippen LogP contribution in [0, 0.1) is 18.8 Å². The van der Waals surface area contributed by atoms with E-state index in [1.807, 2.05) is 0 Å². The summed E-state index contributed by atoms with van der Waals surface area (Å²) in [5.41, 5.74) is 5.39. The Kier molecular flexibility index (Phi) is 4.60. The highest BCUT2D eigenvalue weighted by Gasteiger charge is 2.38. The van der Waals surface area contributed by atoms with Crippen LogP contribution in [0.5, 0.6) is 5.75 Å². The Balaban J connectivity index is 1.36. The average molecular weight is 401 g/mol. The van der Waals surface area contributed by atoms with Crippen molar-refractivity contribution in [1.29, 1.82) is 0 Å². The van der Waals surface area contributed by atoms with Crippen molar-refractivity contribution in [2.75, 3.05) is 6.54 Å². The lowest BCUT2D eigenvalue weighted by Crippen LogP contribution is -2.37. The van der Waals surface area contributed by atoms with Gasteiger partial charge in [0.15, 0.2) is 0 Å². The van der Waals surface area contributed by atoms with E-state index < -0.39 is 0 Å². The number of aromatic nitrogens is 1. The van der Waals surface area contributed by atoms with Gasteiger partial charge in [0.1, 0.15) is 5.75 Å². The molecule has 2 heterocycles. The van der Waals surface area contributed by atoms with Crippen molar-refractivity contribution in [3.8, 4) is 5.75 Å². The second kappa shape index (κ2) is 7.46. The minimum Gasteiger partial charge on any atom is -0.490 e. The zero-order valence-electron chi connectivity index (χ0n) is 17.9. The van der Waals surface area contributed by atoms with E-state index in [9.17, 15) is 0 Å². The molecule has 1 unspecified atom stereocenters. The SMILES string of the molecule is Cc1cc(OC2CC2)c(CN2CCC(C3CC3)C[C@H]2c2ccccc2)c2cc[nH]c12. The molecule has 6 rings (SSSR count). The van der Waals surface area contributed by atoms with E-state index in [4.69, 9.17) is 4.74 Å². The van der Waals surface area contributed by atoms with Crippen LogP contribution in [0.15, 0.2) is 48.7 Å². The lowest BCUT2D eigenvalue weighted by Gasteiger charge is -2.40. The molecule has 3 aromatic rings. The number of H-pyrrole nitrogens is 1. The summed E-state index contributed by atoms with van der Waals surface area (Å²) in [7, 11) is 0. The van der Waals surface area contributed by atoms with Crippen molar-refractivity contribution in [2.24, 2.45) is 11.8 Å². The quantitative estimate of drug-likeness (QED) is 0.520. The Morgan fingerprint density at radius 2 is 1.83 bits per heavy atom. The average Bonchev–Trinajstić information content (AvgIpc) is 3.71. The van der Waals surface area contributed by atoms with Crippen LogP contribution in [0.4, 0.5) is 0 Å². The van der Waals surface area contributed by atoms with Gasteiger partial charge in [-0.05, 0) is 87.1 Å². The number of nitrogens with one attached hydrogen (secondary N) is 1. The summed E-state index contributed by atoms with van der Waals surface area (Å²) >= 11 is 0. The smallest absolute Gasteiger partial charge is 0.125 e. The zero-order chi connectivity index (χ0) is 20.1. The maximum absolute atomic E-state index is 6.43. The monoisotopic (exact) mass is 400 g/mol. The molecule has 156 valence electrons. The Morgan fingerprint density at radius 3 is 2.60 bits per heavy atom. The van der Waals surface area contributed by atoms with Gasteiger partial charge in [-0.3, -0.25) is 4.90 Å². The molecule has 1 saturated heterocycles. The molecule has 0 spiro atoms. The van der Waals surface area contributed by atoms with Gasteiger partial charge in [-0.25, -0.2) is 0 Å². The van der Waals surface area contributed by atoms with Gasteiger partial charge in [-0.2, -0.15) is 0 Å². The number of benzene rings is 2. The van der Waals surface area contributed by atoms with E-state index in [-0.39, 0.29) is 0 Å². The van der Waals surface area contributed by atoms with Gasteiger partial charge in [0.2, 0.25) is 0 Å². The molecular formula is C27H32N2O. The van der Waals surface area contributed by atoms with Crippen LogP contribution in [0.3, 0.4) is 0 Å². The van der Waals surface area contributed by atoms with E-state index in [0.29, 0.717) is 12.1 Å². The highest BCUT2D eigenvalue weighted by atomic mass is 16.5. The van der Waals surface area contributed by atoms with Crippen molar-refractivity contribution < 1.29 is 4.74 Å². The van der Waals surface area contributed by atoms with E-state index in [0.717, 1.165) is 24.1 Å². The second-order valence-corrected chi connectivity index (χ2v) is 9.77. The minimum atomic E-state index is 0.421. The molecule has 3 nitrogen and oxygen atoms in total. The summed E-state index contributed by atoms with van der Waals surface area (Å²) < 4.78 is 6.43. The Morgan fingerprint density at radius 1 is 1.00 bits per heavy atom. The molecule has 3 fully saturated rings. The molecule has 0 radical (unpaired) electrons. The van der Waals surface area contributed by atoms with E-state index in [2.05, 4.69) is 65.5 Å². The largest absolute Gasteiger partial charge is 0.490 e. The molecule has 2 aromatic carbocycles. The lowest BCUT2D eigenvalue weighted by atomic mass is 9.84. The molecule has 2 aliphatic carbocycles. The topological polar surface area (TPSA) is 28.3 Å². The number of hydrogen-bond acceptors (Lipinski definition) is 2. The fraction of sp³-hybridized carbons (Fsp3) is 0.481. The number of hydrogen-bond donors (Lipinski definition) is 1. The van der Waals surface area contributed by atoms with Crippen molar-refractivity contribution in [3.05, 3.63) is 65.4 Å². The Hall–Kier alpha value is -2.26. The summed E-state index contributed by atoms with van der Waals surface area (Å²) in [5, 5.41) is 1.33. The molecule has 30 heavy (non-hydrogen) atoms. The molecule has 0 amide bonds. The van der Waals surface area contributed by atoms with Crippen molar-refractivity contribution in [3.63, 3.8) is 0 Å². The van der Waals surface area contributed by atoms with Crippen LogP contribution in [0.1, 0.15) is 61.3 Å². The van der Waals surface area contributed by atoms with Gasteiger partial charge in [0.05, 0.1) is 6.10 Å². The summed E-state index contributed by atoms with van der Waals surface area (Å²) in [6.07, 6.45) is 10.4. The predicted octanol–water partition coefficient (Wildman–Crippen LogP) is 6.38. The van der Waals surface area contributed by atoms with Crippen molar-refractivity contribution in [1.82, 2.24) is 9.88 Å². The number of rotatable bonds is 6. The summed E-state index contributed by atoms with van der Waals surface area (Å²) in [5.74, 6) is 3.00. The first kappa shape index (κ1) is 18.5. The van der Waals surface area contributed by atoms with Gasteiger partial charge in [-0.1, -0.05) is 30.3 Å². The fourth-order valence-electron chi connectivity index (χ4n) is 5.52. The number of ether oxygens (including phenoxy) is 1. The second-order valence-electron chi connectivity index (χ2n) is 9.77. The standard InChI is InChI=1S/C27H32N2O/c1-18-15-26(30-22-9-10-22)24(23-11-13-28-27(18)23)17-29-14-12-21(19-7-8-19)16-25(29)20-5-3-2-4-6-20/h2-6,11,13,15,19,21-22,25,28H,7-10,12,14,16-17H2,1H3/t21?,25-/m0/s1. The van der Waals surface area contributed by atoms with Gasteiger partial charge in [-0.15, -0.1) is 0 Å². The first-order valence-electron chi connectivity index (χ1n) is 11.8. The van der Waals surface area contributed by atoms with E-state index in [1.165, 1.54) is 72.7 Å². The fourth-order valence-corrected chi connectivity index (χ4v) is 5.52. The van der Waals surface area contributed by atoms with Crippen LogP contribution in [0.2, 0.25) is 0 Å². The molecular weight excluding hydrogens is 368 g/mol. The van der Waals surface area contributed by atoms with E-state index >= 15 is 0 Å². The van der Waals surface area contributed by atoms with Crippen LogP contribution < -0.4 is 4.74 Å². The van der Waals surface area contributed by atoms with E-state index in [1.54, 1.807) is 0 Å². The summed E-state index contributed by atoms with van der Waals surface area (Å²) in [4.78, 5) is 6.19. The normalized spacial score (nSPS) is 25.0. The number of piperidine rings is 1. The van der Waals surface area contributed by atoms with Crippen LogP contribution in [0.25, 0.3) is 10.9 Å². The molecule has 2 atom stereocenters. The van der Waals surface area contributed by atoms with Gasteiger partial charge >= 0.3 is 0 Å². The molecule has 2 saturated carbocycles. The number of aryl methyl sites for hydroxylation is 1. The van der Waals surface area contributed by atoms with Gasteiger partial charge < -0.3 is 9.72 Å². The third-order valence-electron chi connectivity index (χ3n) is 7.52. The third-order valence-corrected chi connectivity index (χ3v) is 7.52. The first-order valence-corrected chi connectivity index (χ1v) is 11.8. The molecule has 3 aliphatic rings. The van der Waals surface area contributed by atoms with Crippen molar-refractivity contribution >= 4 is 10.9 Å². The van der Waals surface area contributed by atoms with Crippen LogP contribution >= 0.6 is 0 Å². The minimum absolute atomic E-state index is 0.421. The molecule has 1 aromatic heterocycles. The first-order chi connectivity index (χ1) is 14.8.